The first-order valence-corrected chi connectivity index (χ1v) is 8.09. The zero-order chi connectivity index (χ0) is 17.7. The number of amides is 2. The monoisotopic (exact) mass is 344 g/mol. The van der Waals surface area contributed by atoms with Crippen LogP contribution in [-0.4, -0.2) is 36.2 Å². The predicted molar refractivity (Wildman–Crippen MR) is 84.5 cm³/mol. The molecule has 1 aliphatic rings. The first-order valence-electron chi connectivity index (χ1n) is 8.09. The lowest BCUT2D eigenvalue weighted by atomic mass is 10.1. The number of benzene rings is 1. The Labute approximate surface area is 140 Å². The van der Waals surface area contributed by atoms with Crippen molar-refractivity contribution in [2.24, 2.45) is 0 Å². The number of carbonyl (C=O) groups excluding carboxylic acids is 1. The van der Waals surface area contributed by atoms with Crippen LogP contribution < -0.4 is 5.32 Å². The SMILES string of the molecule is CC(C)NC(=O)N1CCCC(OCc2ccc(C(F)(F)F)cc2)C1. The van der Waals surface area contributed by atoms with Crippen LogP contribution in [0.25, 0.3) is 0 Å². The number of ether oxygens (including phenoxy) is 1. The lowest BCUT2D eigenvalue weighted by Gasteiger charge is -2.33. The van der Waals surface area contributed by atoms with Crippen LogP contribution in [0, 0.1) is 0 Å². The molecule has 2 rings (SSSR count). The minimum atomic E-state index is -4.33. The van der Waals surface area contributed by atoms with E-state index in [4.69, 9.17) is 4.74 Å². The molecule has 1 N–H and O–H groups in total. The molecule has 2 amide bonds. The van der Waals surface area contributed by atoms with Crippen LogP contribution in [-0.2, 0) is 17.5 Å². The predicted octanol–water partition coefficient (Wildman–Crippen LogP) is 3.80. The molecule has 0 radical (unpaired) electrons. The smallest absolute Gasteiger partial charge is 0.372 e. The van der Waals surface area contributed by atoms with E-state index in [0.29, 0.717) is 18.7 Å². The summed E-state index contributed by atoms with van der Waals surface area (Å²) in [5.41, 5.74) is 0.0206. The molecule has 1 heterocycles. The van der Waals surface area contributed by atoms with Gasteiger partial charge in [-0.2, -0.15) is 13.2 Å². The molecule has 7 heteroatoms. The Balaban J connectivity index is 1.84. The summed E-state index contributed by atoms with van der Waals surface area (Å²) in [6, 6.07) is 4.94. The first kappa shape index (κ1) is 18.6. The number of halogens is 3. The zero-order valence-electron chi connectivity index (χ0n) is 13.9. The Hall–Kier alpha value is -1.76. The van der Waals surface area contributed by atoms with Gasteiger partial charge in [0.25, 0.3) is 0 Å². The highest BCUT2D eigenvalue weighted by atomic mass is 19.4. The standard InChI is InChI=1S/C17H23F3N2O2/c1-12(2)21-16(23)22-9-3-4-15(10-22)24-11-13-5-7-14(8-6-13)17(18,19)20/h5-8,12,15H,3-4,9-11H2,1-2H3,(H,21,23). The second kappa shape index (κ2) is 7.88. The highest BCUT2D eigenvalue weighted by Gasteiger charge is 2.30. The summed E-state index contributed by atoms with van der Waals surface area (Å²) in [6.45, 7) is 5.24. The van der Waals surface area contributed by atoms with Crippen molar-refractivity contribution in [3.05, 3.63) is 35.4 Å². The summed E-state index contributed by atoms with van der Waals surface area (Å²) >= 11 is 0. The van der Waals surface area contributed by atoms with Gasteiger partial charge in [0.2, 0.25) is 0 Å². The van der Waals surface area contributed by atoms with Gasteiger partial charge in [-0.05, 0) is 44.4 Å². The Morgan fingerprint density at radius 1 is 1.33 bits per heavy atom. The molecule has 134 valence electrons. The van der Waals surface area contributed by atoms with Crippen molar-refractivity contribution in [1.29, 1.82) is 0 Å². The van der Waals surface area contributed by atoms with Gasteiger partial charge < -0.3 is 15.0 Å². The Kier molecular flexibility index (Phi) is 6.10. The average Bonchev–Trinajstić information content (AvgIpc) is 2.52. The lowest BCUT2D eigenvalue weighted by molar-refractivity contribution is -0.137. The maximum atomic E-state index is 12.5. The molecule has 1 unspecified atom stereocenters. The van der Waals surface area contributed by atoms with E-state index >= 15 is 0 Å². The summed E-state index contributed by atoms with van der Waals surface area (Å²) in [7, 11) is 0. The second-order valence-corrected chi connectivity index (χ2v) is 6.32. The van der Waals surface area contributed by atoms with Crippen LogP contribution in [0.5, 0.6) is 0 Å². The van der Waals surface area contributed by atoms with Crippen molar-refractivity contribution in [2.75, 3.05) is 13.1 Å². The number of alkyl halides is 3. The fraction of sp³-hybridized carbons (Fsp3) is 0.588. The molecule has 0 aliphatic carbocycles. The highest BCUT2D eigenvalue weighted by Crippen LogP contribution is 2.29. The molecule has 1 aromatic rings. The van der Waals surface area contributed by atoms with Crippen LogP contribution in [0.2, 0.25) is 0 Å². The van der Waals surface area contributed by atoms with Gasteiger partial charge >= 0.3 is 12.2 Å². The lowest BCUT2D eigenvalue weighted by Crippen LogP contribution is -2.49. The molecule has 0 spiro atoms. The van der Waals surface area contributed by atoms with Gasteiger partial charge in [0.15, 0.2) is 0 Å². The van der Waals surface area contributed by atoms with Crippen LogP contribution in [0.15, 0.2) is 24.3 Å². The van der Waals surface area contributed by atoms with Crippen molar-refractivity contribution in [3.63, 3.8) is 0 Å². The van der Waals surface area contributed by atoms with Gasteiger partial charge in [-0.3, -0.25) is 0 Å². The molecule has 1 aliphatic heterocycles. The normalized spacial score (nSPS) is 18.8. The van der Waals surface area contributed by atoms with Crippen LogP contribution in [0.3, 0.4) is 0 Å². The minimum absolute atomic E-state index is 0.0749. The topological polar surface area (TPSA) is 41.6 Å². The van der Waals surface area contributed by atoms with E-state index in [1.165, 1.54) is 12.1 Å². The number of urea groups is 1. The number of likely N-dealkylation sites (tertiary alicyclic amines) is 1. The molecule has 0 saturated carbocycles. The van der Waals surface area contributed by atoms with Crippen LogP contribution in [0.4, 0.5) is 18.0 Å². The molecular formula is C17H23F3N2O2. The van der Waals surface area contributed by atoms with Crippen LogP contribution >= 0.6 is 0 Å². The summed E-state index contributed by atoms with van der Waals surface area (Å²) in [4.78, 5) is 13.7. The number of nitrogens with zero attached hydrogens (tertiary/aromatic N) is 1. The maximum absolute atomic E-state index is 12.5. The number of carbonyl (C=O) groups is 1. The van der Waals surface area contributed by atoms with Gasteiger partial charge in [-0.25, -0.2) is 4.79 Å². The molecule has 1 saturated heterocycles. The number of piperidine rings is 1. The molecular weight excluding hydrogens is 321 g/mol. The van der Waals surface area contributed by atoms with Gasteiger partial charge in [-0.1, -0.05) is 12.1 Å². The molecule has 4 nitrogen and oxygen atoms in total. The van der Waals surface area contributed by atoms with Crippen molar-refractivity contribution in [2.45, 2.75) is 51.6 Å². The maximum Gasteiger partial charge on any atom is 0.416 e. The molecule has 1 atom stereocenters. The number of rotatable bonds is 4. The number of nitrogens with one attached hydrogen (secondary N) is 1. The first-order chi connectivity index (χ1) is 11.3. The summed E-state index contributed by atoms with van der Waals surface area (Å²) in [6.07, 6.45) is -2.73. The van der Waals surface area contributed by atoms with Crippen molar-refractivity contribution in [3.8, 4) is 0 Å². The van der Waals surface area contributed by atoms with Crippen LogP contribution in [0.1, 0.15) is 37.8 Å². The molecule has 1 fully saturated rings. The average molecular weight is 344 g/mol. The third-order valence-electron chi connectivity index (χ3n) is 3.84. The van der Waals surface area contributed by atoms with Gasteiger partial charge in [0.05, 0.1) is 18.3 Å². The quantitative estimate of drug-likeness (QED) is 0.903. The van der Waals surface area contributed by atoms with E-state index in [0.717, 1.165) is 25.0 Å². The van der Waals surface area contributed by atoms with E-state index < -0.39 is 11.7 Å². The van der Waals surface area contributed by atoms with Crippen molar-refractivity contribution in [1.82, 2.24) is 10.2 Å². The third-order valence-corrected chi connectivity index (χ3v) is 3.84. The molecule has 0 bridgehead atoms. The van der Waals surface area contributed by atoms with Gasteiger partial charge in [0.1, 0.15) is 0 Å². The van der Waals surface area contributed by atoms with E-state index in [1.54, 1.807) is 4.90 Å². The second-order valence-electron chi connectivity index (χ2n) is 6.32. The molecule has 24 heavy (non-hydrogen) atoms. The highest BCUT2D eigenvalue weighted by molar-refractivity contribution is 5.74. The third kappa shape index (κ3) is 5.40. The van der Waals surface area contributed by atoms with Gasteiger partial charge in [0, 0.05) is 19.1 Å². The minimum Gasteiger partial charge on any atom is -0.372 e. The summed E-state index contributed by atoms with van der Waals surface area (Å²) in [5.74, 6) is 0. The van der Waals surface area contributed by atoms with E-state index in [9.17, 15) is 18.0 Å². The Morgan fingerprint density at radius 2 is 2.00 bits per heavy atom. The Morgan fingerprint density at radius 3 is 2.58 bits per heavy atom. The number of hydrogen-bond donors (Lipinski definition) is 1. The number of hydrogen-bond acceptors (Lipinski definition) is 2. The zero-order valence-corrected chi connectivity index (χ0v) is 13.9. The van der Waals surface area contributed by atoms with Gasteiger partial charge in [-0.15, -0.1) is 0 Å². The summed E-state index contributed by atoms with van der Waals surface area (Å²) < 4.78 is 43.4. The molecule has 1 aromatic carbocycles. The largest absolute Gasteiger partial charge is 0.416 e. The van der Waals surface area contributed by atoms with Crippen molar-refractivity contribution < 1.29 is 22.7 Å². The van der Waals surface area contributed by atoms with E-state index in [-0.39, 0.29) is 24.8 Å². The fourth-order valence-electron chi connectivity index (χ4n) is 2.60. The Bertz CT molecular complexity index is 544. The van der Waals surface area contributed by atoms with E-state index in [1.807, 2.05) is 13.8 Å². The van der Waals surface area contributed by atoms with Crippen molar-refractivity contribution >= 4 is 6.03 Å². The summed E-state index contributed by atoms with van der Waals surface area (Å²) in [5, 5.41) is 2.85. The molecule has 0 aromatic heterocycles. The fourth-order valence-corrected chi connectivity index (χ4v) is 2.60. The van der Waals surface area contributed by atoms with E-state index in [2.05, 4.69) is 5.32 Å².